The Morgan fingerprint density at radius 1 is 1.19 bits per heavy atom. The molecule has 10 heteroatoms. The van der Waals surface area contributed by atoms with E-state index < -0.39 is 10.0 Å². The zero-order valence-corrected chi connectivity index (χ0v) is 16.2. The van der Waals surface area contributed by atoms with Crippen molar-refractivity contribution in [2.75, 3.05) is 12.8 Å². The molecular formula is C16H24N4O5S. The van der Waals surface area contributed by atoms with Gasteiger partial charge in [-0.15, -0.1) is 0 Å². The van der Waals surface area contributed by atoms with Gasteiger partial charge >= 0.3 is 0 Å². The summed E-state index contributed by atoms with van der Waals surface area (Å²) in [6.07, 6.45) is 2.81. The topological polar surface area (TPSA) is 112 Å². The van der Waals surface area contributed by atoms with Gasteiger partial charge in [0.1, 0.15) is 11.9 Å². The van der Waals surface area contributed by atoms with Crippen LogP contribution in [0, 0.1) is 13.8 Å². The lowest BCUT2D eigenvalue weighted by molar-refractivity contribution is 0.0172. The van der Waals surface area contributed by atoms with Gasteiger partial charge in [0, 0.05) is 18.7 Å². The minimum absolute atomic E-state index is 0.224. The number of sulfonamides is 1. The molecule has 2 atom stereocenters. The first-order valence-corrected chi connectivity index (χ1v) is 10.5. The van der Waals surface area contributed by atoms with E-state index in [0.29, 0.717) is 23.9 Å². The van der Waals surface area contributed by atoms with Gasteiger partial charge in [-0.3, -0.25) is 0 Å². The lowest BCUT2D eigenvalue weighted by Crippen LogP contribution is -2.36. The van der Waals surface area contributed by atoms with E-state index in [9.17, 15) is 8.42 Å². The fraction of sp³-hybridized carbons (Fsp3) is 0.688. The van der Waals surface area contributed by atoms with Crippen molar-refractivity contribution in [2.45, 2.75) is 58.8 Å². The van der Waals surface area contributed by atoms with Crippen molar-refractivity contribution in [2.24, 2.45) is 0 Å². The van der Waals surface area contributed by atoms with Crippen LogP contribution in [0.1, 0.15) is 54.6 Å². The van der Waals surface area contributed by atoms with Gasteiger partial charge in [-0.05, 0) is 33.1 Å². The van der Waals surface area contributed by atoms with Crippen LogP contribution in [0.25, 0.3) is 0 Å². The highest BCUT2D eigenvalue weighted by atomic mass is 32.2. The van der Waals surface area contributed by atoms with Crippen LogP contribution in [0.2, 0.25) is 0 Å². The van der Waals surface area contributed by atoms with Crippen LogP contribution < -0.4 is 0 Å². The van der Waals surface area contributed by atoms with Crippen molar-refractivity contribution in [3.8, 4) is 0 Å². The summed E-state index contributed by atoms with van der Waals surface area (Å²) in [7, 11) is -3.42. The molecule has 0 N–H and O–H groups in total. The highest BCUT2D eigenvalue weighted by molar-refractivity contribution is 7.88. The van der Waals surface area contributed by atoms with Crippen molar-refractivity contribution in [3.63, 3.8) is 0 Å². The lowest BCUT2D eigenvalue weighted by Gasteiger charge is -2.23. The first kappa shape index (κ1) is 19.0. The molecular weight excluding hydrogens is 360 g/mol. The van der Waals surface area contributed by atoms with Crippen LogP contribution in [0.4, 0.5) is 0 Å². The maximum absolute atomic E-state index is 12.3. The van der Waals surface area contributed by atoms with Crippen molar-refractivity contribution in [1.82, 2.24) is 19.6 Å². The van der Waals surface area contributed by atoms with Crippen molar-refractivity contribution < 1.29 is 22.2 Å². The van der Waals surface area contributed by atoms with Gasteiger partial charge in [0.2, 0.25) is 10.0 Å². The molecule has 0 bridgehead atoms. The molecule has 0 unspecified atom stereocenters. The Balaban J connectivity index is 1.71. The van der Waals surface area contributed by atoms with Gasteiger partial charge in [0.25, 0.3) is 5.89 Å². The third-order valence-electron chi connectivity index (χ3n) is 4.54. The van der Waals surface area contributed by atoms with Crippen molar-refractivity contribution >= 4 is 10.0 Å². The third-order valence-corrected chi connectivity index (χ3v) is 5.75. The molecule has 9 nitrogen and oxygen atoms in total. The third kappa shape index (κ3) is 4.13. The summed E-state index contributed by atoms with van der Waals surface area (Å²) >= 11 is 0. The summed E-state index contributed by atoms with van der Waals surface area (Å²) in [6.45, 7) is 5.99. The summed E-state index contributed by atoms with van der Waals surface area (Å²) in [5, 5.41) is 7.78. The van der Waals surface area contributed by atoms with E-state index in [1.807, 2.05) is 6.92 Å². The quantitative estimate of drug-likeness (QED) is 0.712. The Morgan fingerprint density at radius 2 is 1.96 bits per heavy atom. The second-order valence-corrected chi connectivity index (χ2v) is 8.56. The van der Waals surface area contributed by atoms with Crippen LogP contribution in [-0.4, -0.2) is 46.9 Å². The summed E-state index contributed by atoms with van der Waals surface area (Å²) in [4.78, 5) is 4.19. The SMILES string of the molecule is CCc1noc(C)c1CN(C[C@H]1CC[C@@H](c2nc(C)no2)O1)S(C)(=O)=O. The predicted octanol–water partition coefficient (Wildman–Crippen LogP) is 1.92. The smallest absolute Gasteiger partial charge is 0.255 e. The van der Waals surface area contributed by atoms with E-state index in [1.54, 1.807) is 13.8 Å². The van der Waals surface area contributed by atoms with Crippen LogP contribution in [0.5, 0.6) is 0 Å². The Labute approximate surface area is 152 Å². The van der Waals surface area contributed by atoms with Gasteiger partial charge in [0.05, 0.1) is 18.1 Å². The minimum Gasteiger partial charge on any atom is -0.364 e. The first-order chi connectivity index (χ1) is 12.3. The molecule has 2 aromatic rings. The number of hydrogen-bond acceptors (Lipinski definition) is 8. The molecule has 0 radical (unpaired) electrons. The van der Waals surface area contributed by atoms with Gasteiger partial charge in [-0.25, -0.2) is 8.42 Å². The molecule has 0 aliphatic carbocycles. The normalized spacial score (nSPS) is 21.0. The Bertz CT molecular complexity index is 860. The zero-order chi connectivity index (χ0) is 18.9. The number of rotatable bonds is 7. The number of aryl methyl sites for hydroxylation is 3. The van der Waals surface area contributed by atoms with Crippen LogP contribution >= 0.6 is 0 Å². The van der Waals surface area contributed by atoms with Crippen LogP contribution in [-0.2, 0) is 27.7 Å². The van der Waals surface area contributed by atoms with E-state index in [4.69, 9.17) is 13.8 Å². The monoisotopic (exact) mass is 384 g/mol. The first-order valence-electron chi connectivity index (χ1n) is 8.62. The van der Waals surface area contributed by atoms with Gasteiger partial charge in [-0.1, -0.05) is 17.2 Å². The van der Waals surface area contributed by atoms with E-state index in [2.05, 4.69) is 15.3 Å². The number of ether oxygens (including phenoxy) is 1. The van der Waals surface area contributed by atoms with Gasteiger partial charge in [0.15, 0.2) is 5.82 Å². The molecule has 26 heavy (non-hydrogen) atoms. The average molecular weight is 384 g/mol. The molecule has 1 aliphatic rings. The molecule has 1 aliphatic heterocycles. The van der Waals surface area contributed by atoms with E-state index in [0.717, 1.165) is 24.1 Å². The Hall–Kier alpha value is -1.78. The van der Waals surface area contributed by atoms with Crippen LogP contribution in [0.15, 0.2) is 9.05 Å². The molecule has 0 saturated carbocycles. The van der Waals surface area contributed by atoms with E-state index in [-0.39, 0.29) is 25.3 Å². The maximum atomic E-state index is 12.3. The van der Waals surface area contributed by atoms with Crippen LogP contribution in [0.3, 0.4) is 0 Å². The molecule has 2 aromatic heterocycles. The fourth-order valence-corrected chi connectivity index (χ4v) is 3.90. The highest BCUT2D eigenvalue weighted by Crippen LogP contribution is 2.32. The van der Waals surface area contributed by atoms with Gasteiger partial charge < -0.3 is 13.8 Å². The summed E-state index contributed by atoms with van der Waals surface area (Å²) in [5.41, 5.74) is 1.60. The summed E-state index contributed by atoms with van der Waals surface area (Å²) in [5.74, 6) is 1.64. The fourth-order valence-electron chi connectivity index (χ4n) is 3.10. The summed E-state index contributed by atoms with van der Waals surface area (Å²) in [6, 6.07) is 0. The maximum Gasteiger partial charge on any atom is 0.255 e. The number of hydrogen-bond donors (Lipinski definition) is 0. The Kier molecular flexibility index (Phi) is 5.44. The van der Waals surface area contributed by atoms with E-state index >= 15 is 0 Å². The standard InChI is InChI=1S/C16H24N4O5S/c1-5-14-13(10(2)24-19-14)9-20(26(4,21)22)8-12-6-7-15(23-12)16-17-11(3)18-25-16/h12,15H,5-9H2,1-4H3/t12-,15+/m1/s1. The molecule has 3 rings (SSSR count). The highest BCUT2D eigenvalue weighted by Gasteiger charge is 2.34. The average Bonchev–Trinajstić information content (AvgIpc) is 3.27. The second kappa shape index (κ2) is 7.45. The number of aromatic nitrogens is 3. The zero-order valence-electron chi connectivity index (χ0n) is 15.4. The molecule has 144 valence electrons. The minimum atomic E-state index is -3.42. The van der Waals surface area contributed by atoms with Gasteiger partial charge in [-0.2, -0.15) is 9.29 Å². The molecule has 1 fully saturated rings. The van der Waals surface area contributed by atoms with Crippen molar-refractivity contribution in [1.29, 1.82) is 0 Å². The molecule has 1 saturated heterocycles. The van der Waals surface area contributed by atoms with Crippen molar-refractivity contribution in [3.05, 3.63) is 28.7 Å². The largest absolute Gasteiger partial charge is 0.364 e. The molecule has 0 aromatic carbocycles. The predicted molar refractivity (Wildman–Crippen MR) is 91.8 cm³/mol. The molecule has 0 amide bonds. The summed E-state index contributed by atoms with van der Waals surface area (Å²) < 4.78 is 42.3. The lowest BCUT2D eigenvalue weighted by atomic mass is 10.1. The second-order valence-electron chi connectivity index (χ2n) is 6.58. The Morgan fingerprint density at radius 3 is 2.58 bits per heavy atom. The van der Waals surface area contributed by atoms with E-state index in [1.165, 1.54) is 10.6 Å². The molecule has 3 heterocycles. The molecule has 0 spiro atoms. The number of nitrogens with zero attached hydrogens (tertiary/aromatic N) is 4.